The number of hydrogen-bond donors (Lipinski definition) is 0. The average Bonchev–Trinajstić information content (AvgIpc) is 2.68. The number of ether oxygens (including phenoxy) is 2. The Morgan fingerprint density at radius 1 is 1.41 bits per heavy atom. The molecule has 0 N–H and O–H groups in total. The van der Waals surface area contributed by atoms with Crippen molar-refractivity contribution in [2.45, 2.75) is 32.3 Å². The third-order valence-corrected chi connectivity index (χ3v) is 2.68. The highest BCUT2D eigenvalue weighted by Gasteiger charge is 2.33. The van der Waals surface area contributed by atoms with Crippen LogP contribution < -0.4 is 0 Å². The molecule has 0 aliphatic carbocycles. The van der Waals surface area contributed by atoms with Gasteiger partial charge in [-0.3, -0.25) is 0 Å². The first-order valence-corrected chi connectivity index (χ1v) is 5.52. The predicted octanol–water partition coefficient (Wildman–Crippen LogP) is 3.32. The summed E-state index contributed by atoms with van der Waals surface area (Å²) in [6.45, 7) is 4.76. The van der Waals surface area contributed by atoms with Crippen LogP contribution in [0.15, 0.2) is 29.4 Å². The Balaban J connectivity index is 2.06. The predicted molar refractivity (Wildman–Crippen MR) is 63.1 cm³/mol. The third-order valence-electron chi connectivity index (χ3n) is 2.68. The molecule has 1 aliphatic heterocycles. The van der Waals surface area contributed by atoms with Gasteiger partial charge in [0.15, 0.2) is 5.79 Å². The SMILES string of the molecule is CC1(C)OCC(c2ccc(CN=[N+]=[N-])cc2)O1. The van der Waals surface area contributed by atoms with Crippen LogP contribution in [0.4, 0.5) is 0 Å². The van der Waals surface area contributed by atoms with E-state index in [0.717, 1.165) is 11.1 Å². The molecule has 1 heterocycles. The summed E-state index contributed by atoms with van der Waals surface area (Å²) >= 11 is 0. The number of hydrogen-bond acceptors (Lipinski definition) is 3. The molecule has 1 aromatic rings. The van der Waals surface area contributed by atoms with Crippen LogP contribution in [-0.4, -0.2) is 12.4 Å². The van der Waals surface area contributed by atoms with Crippen LogP contribution in [0.25, 0.3) is 10.4 Å². The summed E-state index contributed by atoms with van der Waals surface area (Å²) in [5, 5.41) is 3.52. The maximum Gasteiger partial charge on any atom is 0.163 e. The fourth-order valence-corrected chi connectivity index (χ4v) is 1.80. The van der Waals surface area contributed by atoms with Gasteiger partial charge >= 0.3 is 0 Å². The van der Waals surface area contributed by atoms with Crippen molar-refractivity contribution in [3.8, 4) is 0 Å². The lowest BCUT2D eigenvalue weighted by Gasteiger charge is -2.17. The Labute approximate surface area is 100.0 Å². The second-order valence-corrected chi connectivity index (χ2v) is 4.45. The first-order chi connectivity index (χ1) is 8.11. The molecule has 5 heteroatoms. The van der Waals surface area contributed by atoms with Gasteiger partial charge in [0.1, 0.15) is 6.10 Å². The number of rotatable bonds is 3. The molecule has 5 nitrogen and oxygen atoms in total. The molecule has 2 rings (SSSR count). The Morgan fingerprint density at radius 3 is 2.65 bits per heavy atom. The van der Waals surface area contributed by atoms with Crippen LogP contribution in [0, 0.1) is 0 Å². The van der Waals surface area contributed by atoms with Gasteiger partial charge in [-0.1, -0.05) is 29.4 Å². The largest absolute Gasteiger partial charge is 0.347 e. The van der Waals surface area contributed by atoms with Crippen LogP contribution in [0.1, 0.15) is 31.1 Å². The van der Waals surface area contributed by atoms with Crippen molar-refractivity contribution < 1.29 is 9.47 Å². The number of azide groups is 1. The van der Waals surface area contributed by atoms with E-state index in [1.807, 2.05) is 38.1 Å². The molecule has 0 saturated carbocycles. The van der Waals surface area contributed by atoms with Crippen molar-refractivity contribution in [3.63, 3.8) is 0 Å². The topological polar surface area (TPSA) is 67.2 Å². The van der Waals surface area contributed by atoms with Gasteiger partial charge < -0.3 is 9.47 Å². The van der Waals surface area contributed by atoms with E-state index in [1.165, 1.54) is 0 Å². The molecule has 90 valence electrons. The highest BCUT2D eigenvalue weighted by Crippen LogP contribution is 2.32. The molecule has 17 heavy (non-hydrogen) atoms. The summed E-state index contributed by atoms with van der Waals surface area (Å²) in [5.41, 5.74) is 10.3. The van der Waals surface area contributed by atoms with Gasteiger partial charge in [0.05, 0.1) is 13.2 Å². The van der Waals surface area contributed by atoms with Gasteiger partial charge in [-0.15, -0.1) is 0 Å². The van der Waals surface area contributed by atoms with E-state index in [-0.39, 0.29) is 6.10 Å². The van der Waals surface area contributed by atoms with E-state index in [9.17, 15) is 0 Å². The highest BCUT2D eigenvalue weighted by molar-refractivity contribution is 5.24. The van der Waals surface area contributed by atoms with Crippen molar-refractivity contribution in [2.75, 3.05) is 6.61 Å². The summed E-state index contributed by atoms with van der Waals surface area (Å²) in [7, 11) is 0. The molecule has 1 aromatic carbocycles. The van der Waals surface area contributed by atoms with Gasteiger partial charge in [0.2, 0.25) is 0 Å². The Morgan fingerprint density at radius 2 is 2.12 bits per heavy atom. The quantitative estimate of drug-likeness (QED) is 0.456. The zero-order valence-corrected chi connectivity index (χ0v) is 9.96. The second-order valence-electron chi connectivity index (χ2n) is 4.45. The summed E-state index contributed by atoms with van der Waals surface area (Å²) in [6.07, 6.45) is -0.0153. The monoisotopic (exact) mass is 233 g/mol. The Bertz CT molecular complexity index is 436. The number of benzene rings is 1. The van der Waals surface area contributed by atoms with E-state index in [4.69, 9.17) is 15.0 Å². The Kier molecular flexibility index (Phi) is 3.33. The minimum absolute atomic E-state index is 0.0153. The summed E-state index contributed by atoms with van der Waals surface area (Å²) < 4.78 is 11.3. The number of nitrogens with zero attached hydrogens (tertiary/aromatic N) is 3. The van der Waals surface area contributed by atoms with Crippen molar-refractivity contribution in [2.24, 2.45) is 5.11 Å². The van der Waals surface area contributed by atoms with Gasteiger partial charge in [0, 0.05) is 4.91 Å². The van der Waals surface area contributed by atoms with E-state index >= 15 is 0 Å². The Hall–Kier alpha value is -1.55. The lowest BCUT2D eigenvalue weighted by Crippen LogP contribution is -2.19. The molecule has 1 aliphatic rings. The molecule has 1 atom stereocenters. The minimum atomic E-state index is -0.506. The summed E-state index contributed by atoms with van der Waals surface area (Å²) in [5.74, 6) is -0.506. The van der Waals surface area contributed by atoms with Crippen molar-refractivity contribution in [1.29, 1.82) is 0 Å². The molecule has 0 radical (unpaired) electrons. The lowest BCUT2D eigenvalue weighted by molar-refractivity contribution is -0.139. The minimum Gasteiger partial charge on any atom is -0.347 e. The third kappa shape index (κ3) is 2.97. The fraction of sp³-hybridized carbons (Fsp3) is 0.500. The normalized spacial score (nSPS) is 22.1. The van der Waals surface area contributed by atoms with Crippen LogP contribution in [0.5, 0.6) is 0 Å². The van der Waals surface area contributed by atoms with Gasteiger partial charge in [0.25, 0.3) is 0 Å². The summed E-state index contributed by atoms with van der Waals surface area (Å²) in [6, 6.07) is 7.85. The van der Waals surface area contributed by atoms with Crippen LogP contribution in [0.3, 0.4) is 0 Å². The molecule has 0 aromatic heterocycles. The molecule has 0 spiro atoms. The van der Waals surface area contributed by atoms with Crippen LogP contribution in [-0.2, 0) is 16.0 Å². The highest BCUT2D eigenvalue weighted by atomic mass is 16.7. The van der Waals surface area contributed by atoms with Crippen molar-refractivity contribution in [1.82, 2.24) is 0 Å². The fourth-order valence-electron chi connectivity index (χ4n) is 1.80. The molecule has 0 amide bonds. The van der Waals surface area contributed by atoms with E-state index in [1.54, 1.807) is 0 Å². The lowest BCUT2D eigenvalue weighted by atomic mass is 10.1. The first kappa shape index (κ1) is 11.9. The molecule has 1 saturated heterocycles. The van der Waals surface area contributed by atoms with E-state index in [2.05, 4.69) is 10.0 Å². The van der Waals surface area contributed by atoms with Gasteiger partial charge in [-0.2, -0.15) is 0 Å². The maximum absolute atomic E-state index is 8.23. The van der Waals surface area contributed by atoms with E-state index < -0.39 is 5.79 Å². The molecule has 1 fully saturated rings. The molecule has 0 bridgehead atoms. The first-order valence-electron chi connectivity index (χ1n) is 5.52. The molecular formula is C12H15N3O2. The van der Waals surface area contributed by atoms with Crippen LogP contribution >= 0.6 is 0 Å². The molecule has 1 unspecified atom stereocenters. The van der Waals surface area contributed by atoms with E-state index in [0.29, 0.717) is 13.2 Å². The second kappa shape index (κ2) is 4.75. The van der Waals surface area contributed by atoms with Crippen LogP contribution in [0.2, 0.25) is 0 Å². The van der Waals surface area contributed by atoms with Crippen molar-refractivity contribution in [3.05, 3.63) is 45.8 Å². The summed E-state index contributed by atoms with van der Waals surface area (Å²) in [4.78, 5) is 2.73. The van der Waals surface area contributed by atoms with Gasteiger partial charge in [-0.25, -0.2) is 0 Å². The zero-order valence-electron chi connectivity index (χ0n) is 9.96. The molecular weight excluding hydrogens is 218 g/mol. The standard InChI is InChI=1S/C12H15N3O2/c1-12(2)16-8-11(17-12)10-5-3-9(4-6-10)7-14-15-13/h3-6,11H,7-8H2,1-2H3. The average molecular weight is 233 g/mol. The van der Waals surface area contributed by atoms with Gasteiger partial charge in [-0.05, 0) is 30.5 Å². The zero-order chi connectivity index (χ0) is 12.3. The smallest absolute Gasteiger partial charge is 0.163 e. The maximum atomic E-state index is 8.23. The van der Waals surface area contributed by atoms with Crippen molar-refractivity contribution >= 4 is 0 Å².